The van der Waals surface area contributed by atoms with Crippen LogP contribution >= 0.6 is 0 Å². The quantitative estimate of drug-likeness (QED) is 0.355. The topological polar surface area (TPSA) is 50.7 Å². The molecule has 0 bridgehead atoms. The third kappa shape index (κ3) is 2.23. The van der Waals surface area contributed by atoms with Gasteiger partial charge in [-0.05, 0) is 10.8 Å². The highest BCUT2D eigenvalue weighted by Gasteiger charge is 2.11. The summed E-state index contributed by atoms with van der Waals surface area (Å²) in [4.78, 5) is 4.67. The number of nitrogens with zero attached hydrogens (tertiary/aromatic N) is 3. The van der Waals surface area contributed by atoms with Gasteiger partial charge in [0, 0.05) is 23.7 Å². The van der Waals surface area contributed by atoms with Crippen molar-refractivity contribution < 1.29 is 0 Å². The van der Waals surface area contributed by atoms with Crippen molar-refractivity contribution in [1.29, 1.82) is 0 Å². The average Bonchev–Trinajstić information content (AvgIpc) is 2.62. The number of hydrogen-bond donors (Lipinski definition) is 1. The summed E-state index contributed by atoms with van der Waals surface area (Å²) < 4.78 is 0. The second-order valence-electron chi connectivity index (χ2n) is 5.30. The van der Waals surface area contributed by atoms with Crippen LogP contribution in [0, 0.1) is 12.3 Å². The minimum atomic E-state index is 0.508. The fraction of sp³-hybridized carbons (Fsp3) is 0.105. The van der Waals surface area contributed by atoms with Crippen LogP contribution in [0.25, 0.3) is 32.6 Å². The van der Waals surface area contributed by atoms with Crippen LogP contribution in [0.3, 0.4) is 0 Å². The van der Waals surface area contributed by atoms with Gasteiger partial charge in [0.15, 0.2) is 0 Å². The van der Waals surface area contributed by atoms with Crippen molar-refractivity contribution in [3.63, 3.8) is 0 Å². The van der Waals surface area contributed by atoms with Gasteiger partial charge in [-0.15, -0.1) is 22.5 Å². The number of rotatable bonds is 3. The van der Waals surface area contributed by atoms with E-state index in [1.165, 1.54) is 10.8 Å². The molecule has 4 nitrogen and oxygen atoms in total. The highest BCUT2D eigenvalue weighted by Crippen LogP contribution is 2.32. The molecule has 1 aromatic heterocycles. The standard InChI is InChI=1S/C19H14N4/c1-2-3-12-20-19-21-17-15-10-6-4-8-13(15)14-9-5-7-11-16(14)18(17)22-23-19/h1,4-11H,3,12H2,(H,20,21,23). The zero-order chi connectivity index (χ0) is 15.6. The largest absolute Gasteiger partial charge is 0.352 e. The first-order valence-corrected chi connectivity index (χ1v) is 7.49. The van der Waals surface area contributed by atoms with E-state index in [0.717, 1.165) is 21.8 Å². The Hall–Kier alpha value is -3.19. The number of aromatic nitrogens is 3. The van der Waals surface area contributed by atoms with Gasteiger partial charge in [-0.1, -0.05) is 48.5 Å². The van der Waals surface area contributed by atoms with Gasteiger partial charge < -0.3 is 5.32 Å². The number of fused-ring (bicyclic) bond motifs is 6. The summed E-state index contributed by atoms with van der Waals surface area (Å²) >= 11 is 0. The fourth-order valence-electron chi connectivity index (χ4n) is 2.87. The van der Waals surface area contributed by atoms with E-state index in [0.29, 0.717) is 18.9 Å². The number of benzene rings is 3. The maximum absolute atomic E-state index is 5.27. The SMILES string of the molecule is C#CCCNc1nnc2c3ccccc3c3ccccc3c2n1. The lowest BCUT2D eigenvalue weighted by Gasteiger charge is -2.09. The van der Waals surface area contributed by atoms with Crippen molar-refractivity contribution in [2.45, 2.75) is 6.42 Å². The average molecular weight is 298 g/mol. The van der Waals surface area contributed by atoms with E-state index in [1.807, 2.05) is 24.3 Å². The molecule has 23 heavy (non-hydrogen) atoms. The molecular weight excluding hydrogens is 284 g/mol. The number of anilines is 1. The third-order valence-corrected chi connectivity index (χ3v) is 3.89. The molecule has 110 valence electrons. The van der Waals surface area contributed by atoms with Crippen LogP contribution in [0.5, 0.6) is 0 Å². The smallest absolute Gasteiger partial charge is 0.243 e. The van der Waals surface area contributed by atoms with E-state index in [-0.39, 0.29) is 0 Å². The lowest BCUT2D eigenvalue weighted by molar-refractivity contribution is 0.980. The van der Waals surface area contributed by atoms with E-state index >= 15 is 0 Å². The first-order valence-electron chi connectivity index (χ1n) is 7.49. The van der Waals surface area contributed by atoms with Crippen LogP contribution in [-0.2, 0) is 0 Å². The molecule has 0 atom stereocenters. The van der Waals surface area contributed by atoms with Crippen LogP contribution in [0.4, 0.5) is 5.95 Å². The zero-order valence-electron chi connectivity index (χ0n) is 12.5. The molecule has 0 unspecified atom stereocenters. The van der Waals surface area contributed by atoms with Crippen LogP contribution in [0.15, 0.2) is 48.5 Å². The first-order chi connectivity index (χ1) is 11.4. The molecule has 3 aromatic carbocycles. The van der Waals surface area contributed by atoms with E-state index in [1.54, 1.807) is 0 Å². The highest BCUT2D eigenvalue weighted by atomic mass is 15.2. The molecule has 4 heteroatoms. The van der Waals surface area contributed by atoms with Crippen molar-refractivity contribution in [3.05, 3.63) is 48.5 Å². The van der Waals surface area contributed by atoms with Gasteiger partial charge in [0.1, 0.15) is 11.0 Å². The molecular formula is C19H14N4. The molecule has 0 aliphatic rings. The molecule has 0 saturated heterocycles. The van der Waals surface area contributed by atoms with Crippen LogP contribution in [0.1, 0.15) is 6.42 Å². The maximum Gasteiger partial charge on any atom is 0.243 e. The number of terminal acetylenes is 1. The molecule has 0 aliphatic carbocycles. The van der Waals surface area contributed by atoms with E-state index in [2.05, 4.69) is 50.7 Å². The minimum absolute atomic E-state index is 0.508. The summed E-state index contributed by atoms with van der Waals surface area (Å²) in [6.45, 7) is 0.634. The lowest BCUT2D eigenvalue weighted by atomic mass is 10.00. The zero-order valence-corrected chi connectivity index (χ0v) is 12.5. The number of nitrogens with one attached hydrogen (secondary N) is 1. The van der Waals surface area contributed by atoms with Gasteiger partial charge in [-0.2, -0.15) is 0 Å². The highest BCUT2D eigenvalue weighted by molar-refractivity contribution is 6.22. The predicted molar refractivity (Wildman–Crippen MR) is 94.3 cm³/mol. The van der Waals surface area contributed by atoms with Crippen LogP contribution < -0.4 is 5.32 Å². The molecule has 4 aromatic rings. The number of hydrogen-bond acceptors (Lipinski definition) is 4. The van der Waals surface area contributed by atoms with Crippen molar-refractivity contribution >= 4 is 38.5 Å². The third-order valence-electron chi connectivity index (χ3n) is 3.89. The normalized spacial score (nSPS) is 10.9. The molecule has 0 radical (unpaired) electrons. The Morgan fingerprint density at radius 1 is 0.826 bits per heavy atom. The van der Waals surface area contributed by atoms with Crippen molar-refractivity contribution in [3.8, 4) is 12.3 Å². The molecule has 0 fully saturated rings. The summed E-state index contributed by atoms with van der Waals surface area (Å²) in [6.07, 6.45) is 5.90. The van der Waals surface area contributed by atoms with Gasteiger partial charge in [0.25, 0.3) is 0 Å². The second-order valence-corrected chi connectivity index (χ2v) is 5.30. The maximum atomic E-state index is 5.27. The molecule has 0 spiro atoms. The summed E-state index contributed by atoms with van der Waals surface area (Å²) in [5.74, 6) is 3.10. The fourth-order valence-corrected chi connectivity index (χ4v) is 2.87. The second kappa shape index (κ2) is 5.54. The van der Waals surface area contributed by atoms with E-state index in [4.69, 9.17) is 6.42 Å². The Balaban J connectivity index is 2.03. The van der Waals surface area contributed by atoms with E-state index in [9.17, 15) is 0 Å². The Kier molecular flexibility index (Phi) is 3.25. The molecule has 4 rings (SSSR count). The van der Waals surface area contributed by atoms with Gasteiger partial charge in [-0.3, -0.25) is 0 Å². The Labute approximate surface area is 133 Å². The monoisotopic (exact) mass is 298 g/mol. The summed E-state index contributed by atoms with van der Waals surface area (Å²) in [7, 11) is 0. The summed E-state index contributed by atoms with van der Waals surface area (Å²) in [6, 6.07) is 16.5. The van der Waals surface area contributed by atoms with Crippen molar-refractivity contribution in [1.82, 2.24) is 15.2 Å². The predicted octanol–water partition coefficient (Wildman–Crippen LogP) is 3.77. The summed E-state index contributed by atoms with van der Waals surface area (Å²) in [5.41, 5.74) is 1.68. The van der Waals surface area contributed by atoms with E-state index < -0.39 is 0 Å². The van der Waals surface area contributed by atoms with Gasteiger partial charge >= 0.3 is 0 Å². The minimum Gasteiger partial charge on any atom is -0.352 e. The molecule has 1 heterocycles. The van der Waals surface area contributed by atoms with Gasteiger partial charge in [0.2, 0.25) is 5.95 Å². The van der Waals surface area contributed by atoms with Gasteiger partial charge in [-0.25, -0.2) is 4.98 Å². The first kappa shape index (κ1) is 13.5. The van der Waals surface area contributed by atoms with Gasteiger partial charge in [0.05, 0.1) is 0 Å². The van der Waals surface area contributed by atoms with Crippen LogP contribution in [-0.4, -0.2) is 21.7 Å². The van der Waals surface area contributed by atoms with Crippen molar-refractivity contribution in [2.75, 3.05) is 11.9 Å². The molecule has 0 aliphatic heterocycles. The molecule has 1 N–H and O–H groups in total. The Morgan fingerprint density at radius 3 is 2.09 bits per heavy atom. The Morgan fingerprint density at radius 2 is 1.43 bits per heavy atom. The van der Waals surface area contributed by atoms with Crippen molar-refractivity contribution in [2.24, 2.45) is 0 Å². The molecule has 0 amide bonds. The summed E-state index contributed by atoms with van der Waals surface area (Å²) in [5, 5.41) is 16.2. The molecule has 0 saturated carbocycles. The van der Waals surface area contributed by atoms with Crippen LogP contribution in [0.2, 0.25) is 0 Å². The lowest BCUT2D eigenvalue weighted by Crippen LogP contribution is -2.06. The Bertz CT molecular complexity index is 1030.